The fourth-order valence-electron chi connectivity index (χ4n) is 3.45. The molecule has 0 saturated carbocycles. The number of hydrogen-bond acceptors (Lipinski definition) is 4. The Bertz CT molecular complexity index is 971. The molecule has 3 rings (SSSR count). The zero-order valence-electron chi connectivity index (χ0n) is 16.4. The zero-order chi connectivity index (χ0) is 20.9. The van der Waals surface area contributed by atoms with Crippen LogP contribution in [0.3, 0.4) is 0 Å². The van der Waals surface area contributed by atoms with Crippen molar-refractivity contribution in [1.82, 2.24) is 0 Å². The molecule has 0 heterocycles. The summed E-state index contributed by atoms with van der Waals surface area (Å²) in [6, 6.07) is 25.1. The van der Waals surface area contributed by atoms with Gasteiger partial charge in [0.25, 0.3) is 5.69 Å². The van der Waals surface area contributed by atoms with E-state index in [4.69, 9.17) is 4.74 Å². The number of carbonyl (C=O) groups is 1. The Kier molecular flexibility index (Phi) is 6.07. The van der Waals surface area contributed by atoms with Crippen LogP contribution in [0.4, 0.5) is 5.69 Å². The molecule has 148 valence electrons. The van der Waals surface area contributed by atoms with Gasteiger partial charge in [0.05, 0.1) is 10.5 Å². The Morgan fingerprint density at radius 3 is 2.03 bits per heavy atom. The number of benzene rings is 3. The molecule has 0 aliphatic heterocycles. The van der Waals surface area contributed by atoms with E-state index in [1.807, 2.05) is 60.7 Å². The van der Waals surface area contributed by atoms with Crippen LogP contribution in [0, 0.1) is 10.1 Å². The molecule has 5 heteroatoms. The number of esters is 1. The van der Waals surface area contributed by atoms with Gasteiger partial charge in [-0.05, 0) is 29.7 Å². The monoisotopic (exact) mass is 389 g/mol. The lowest BCUT2D eigenvalue weighted by molar-refractivity contribution is -0.384. The van der Waals surface area contributed by atoms with Gasteiger partial charge in [0, 0.05) is 17.5 Å². The highest BCUT2D eigenvalue weighted by atomic mass is 16.6. The van der Waals surface area contributed by atoms with Gasteiger partial charge in [-0.1, -0.05) is 74.5 Å². The van der Waals surface area contributed by atoms with Crippen LogP contribution in [0.25, 0.3) is 0 Å². The first-order chi connectivity index (χ1) is 14.0. The predicted molar refractivity (Wildman–Crippen MR) is 112 cm³/mol. The van der Waals surface area contributed by atoms with Crippen molar-refractivity contribution in [1.29, 1.82) is 0 Å². The third-order valence-electron chi connectivity index (χ3n) is 5.39. The molecule has 0 bridgehead atoms. The standard InChI is InChI=1S/C24H23NO4/c1-3-24(2,20-12-8-5-9-13-20)22(18-10-6-4-7-11-18)29-23(26)19-14-16-21(17-15-19)25(27)28/h4-17,22H,3H2,1-2H3/t22-,24+/m1/s1. The number of hydrogen-bond donors (Lipinski definition) is 0. The van der Waals surface area contributed by atoms with Crippen molar-refractivity contribution < 1.29 is 14.5 Å². The predicted octanol–water partition coefficient (Wildman–Crippen LogP) is 5.86. The average Bonchev–Trinajstić information content (AvgIpc) is 2.78. The highest BCUT2D eigenvalue weighted by Gasteiger charge is 2.38. The first-order valence-corrected chi connectivity index (χ1v) is 9.51. The van der Waals surface area contributed by atoms with Crippen LogP contribution in [-0.2, 0) is 10.2 Å². The molecule has 5 nitrogen and oxygen atoms in total. The average molecular weight is 389 g/mol. The summed E-state index contributed by atoms with van der Waals surface area (Å²) in [5.74, 6) is -0.510. The second kappa shape index (κ2) is 8.69. The summed E-state index contributed by atoms with van der Waals surface area (Å²) >= 11 is 0. The van der Waals surface area contributed by atoms with Gasteiger partial charge < -0.3 is 4.74 Å². The minimum Gasteiger partial charge on any atom is -0.453 e. The summed E-state index contributed by atoms with van der Waals surface area (Å²) < 4.78 is 6.02. The third kappa shape index (κ3) is 4.35. The lowest BCUT2D eigenvalue weighted by Gasteiger charge is -2.37. The quantitative estimate of drug-likeness (QED) is 0.288. The van der Waals surface area contributed by atoms with Crippen LogP contribution in [0.15, 0.2) is 84.9 Å². The van der Waals surface area contributed by atoms with E-state index in [0.717, 1.165) is 17.5 Å². The Morgan fingerprint density at radius 1 is 0.966 bits per heavy atom. The molecule has 3 aromatic rings. The maximum Gasteiger partial charge on any atom is 0.338 e. The first-order valence-electron chi connectivity index (χ1n) is 9.51. The maximum atomic E-state index is 12.9. The molecule has 0 N–H and O–H groups in total. The molecule has 0 aliphatic rings. The summed E-state index contributed by atoms with van der Waals surface area (Å²) in [4.78, 5) is 23.3. The molecule has 0 unspecified atom stereocenters. The second-order valence-electron chi connectivity index (χ2n) is 7.14. The number of non-ortho nitro benzene ring substituents is 1. The molecule has 0 fully saturated rings. The molecule has 29 heavy (non-hydrogen) atoms. The van der Waals surface area contributed by atoms with Gasteiger partial charge >= 0.3 is 5.97 Å². The van der Waals surface area contributed by atoms with Gasteiger partial charge in [-0.2, -0.15) is 0 Å². The Hall–Kier alpha value is -3.47. The van der Waals surface area contributed by atoms with Crippen molar-refractivity contribution in [2.75, 3.05) is 0 Å². The number of nitro benzene ring substituents is 1. The highest BCUT2D eigenvalue weighted by molar-refractivity contribution is 5.89. The number of nitrogens with zero attached hydrogens (tertiary/aromatic N) is 1. The molecule has 3 aromatic carbocycles. The van der Waals surface area contributed by atoms with Crippen LogP contribution in [0.2, 0.25) is 0 Å². The largest absolute Gasteiger partial charge is 0.453 e. The van der Waals surface area contributed by atoms with Gasteiger partial charge in [-0.25, -0.2) is 4.79 Å². The van der Waals surface area contributed by atoms with Crippen LogP contribution < -0.4 is 0 Å². The lowest BCUT2D eigenvalue weighted by atomic mass is 9.73. The SMILES string of the molecule is CC[C@@](C)(c1ccccc1)[C@H](OC(=O)c1ccc([N+](=O)[O-])cc1)c1ccccc1. The summed E-state index contributed by atoms with van der Waals surface area (Å²) in [6.45, 7) is 4.16. The number of rotatable bonds is 7. The Labute approximate surface area is 170 Å². The van der Waals surface area contributed by atoms with Crippen molar-refractivity contribution >= 4 is 11.7 Å². The minimum atomic E-state index is -0.515. The van der Waals surface area contributed by atoms with E-state index in [2.05, 4.69) is 13.8 Å². The van der Waals surface area contributed by atoms with Crippen molar-refractivity contribution in [2.45, 2.75) is 31.8 Å². The number of ether oxygens (including phenoxy) is 1. The molecule has 0 aromatic heterocycles. The van der Waals surface area contributed by atoms with E-state index in [1.54, 1.807) is 0 Å². The van der Waals surface area contributed by atoms with E-state index in [0.29, 0.717) is 0 Å². The molecule has 0 spiro atoms. The summed E-state index contributed by atoms with van der Waals surface area (Å²) in [5, 5.41) is 10.9. The molecule has 0 saturated heterocycles. The smallest absolute Gasteiger partial charge is 0.338 e. The molecule has 0 radical (unpaired) electrons. The first kappa shape index (κ1) is 20.3. The van der Waals surface area contributed by atoms with E-state index >= 15 is 0 Å². The Morgan fingerprint density at radius 2 is 1.52 bits per heavy atom. The van der Waals surface area contributed by atoms with Crippen LogP contribution in [0.1, 0.15) is 47.9 Å². The fraction of sp³-hybridized carbons (Fsp3) is 0.208. The van der Waals surface area contributed by atoms with Gasteiger partial charge in [-0.15, -0.1) is 0 Å². The maximum absolute atomic E-state index is 12.9. The van der Waals surface area contributed by atoms with Crippen molar-refractivity contribution in [3.05, 3.63) is 112 Å². The normalized spacial score (nSPS) is 13.9. The van der Waals surface area contributed by atoms with E-state index in [-0.39, 0.29) is 11.3 Å². The van der Waals surface area contributed by atoms with Crippen molar-refractivity contribution in [3.63, 3.8) is 0 Å². The van der Waals surface area contributed by atoms with Gasteiger partial charge in [0.1, 0.15) is 6.10 Å². The second-order valence-corrected chi connectivity index (χ2v) is 7.14. The summed E-state index contributed by atoms with van der Waals surface area (Å²) in [7, 11) is 0. The van der Waals surface area contributed by atoms with Crippen LogP contribution in [-0.4, -0.2) is 10.9 Å². The van der Waals surface area contributed by atoms with Crippen LogP contribution >= 0.6 is 0 Å². The minimum absolute atomic E-state index is 0.0659. The molecule has 0 aliphatic carbocycles. The molecule has 2 atom stereocenters. The van der Waals surface area contributed by atoms with Gasteiger partial charge in [0.2, 0.25) is 0 Å². The highest BCUT2D eigenvalue weighted by Crippen LogP contribution is 2.42. The van der Waals surface area contributed by atoms with E-state index in [9.17, 15) is 14.9 Å². The lowest BCUT2D eigenvalue weighted by Crippen LogP contribution is -2.33. The summed E-state index contributed by atoms with van der Waals surface area (Å²) in [6.07, 6.45) is 0.239. The topological polar surface area (TPSA) is 69.4 Å². The fourth-order valence-corrected chi connectivity index (χ4v) is 3.45. The van der Waals surface area contributed by atoms with Crippen LogP contribution in [0.5, 0.6) is 0 Å². The van der Waals surface area contributed by atoms with E-state index < -0.39 is 22.4 Å². The Balaban J connectivity index is 1.98. The van der Waals surface area contributed by atoms with E-state index in [1.165, 1.54) is 24.3 Å². The summed E-state index contributed by atoms with van der Waals surface area (Å²) in [5.41, 5.74) is 1.75. The molecular formula is C24H23NO4. The zero-order valence-corrected chi connectivity index (χ0v) is 16.4. The molecular weight excluding hydrogens is 366 g/mol. The van der Waals surface area contributed by atoms with Gasteiger partial charge in [0.15, 0.2) is 0 Å². The number of carbonyl (C=O) groups excluding carboxylic acids is 1. The molecule has 0 amide bonds. The number of nitro groups is 1. The van der Waals surface area contributed by atoms with Crippen molar-refractivity contribution in [3.8, 4) is 0 Å². The third-order valence-corrected chi connectivity index (χ3v) is 5.39. The van der Waals surface area contributed by atoms with Crippen molar-refractivity contribution in [2.24, 2.45) is 0 Å². The van der Waals surface area contributed by atoms with Gasteiger partial charge in [-0.3, -0.25) is 10.1 Å².